The number of nitrogens with zero attached hydrogens (tertiary/aromatic N) is 5. The number of H-pyrrole nitrogens is 1. The van der Waals surface area contributed by atoms with Crippen molar-refractivity contribution < 1.29 is 66.0 Å². The van der Waals surface area contributed by atoms with Crippen LogP contribution in [-0.4, -0.2) is 106 Å². The van der Waals surface area contributed by atoms with Crippen LogP contribution in [-0.2, 0) is 40.8 Å². The Morgan fingerprint density at radius 2 is 1.12 bits per heavy atom. The Kier molecular flexibility index (Phi) is 22.3. The number of unbranched alkanes of at least 4 members (excludes halogenated alkanes) is 17. The third kappa shape index (κ3) is 15.8. The lowest BCUT2D eigenvalue weighted by Gasteiger charge is -2.16. The summed E-state index contributed by atoms with van der Waals surface area (Å²) in [6, 6.07) is 0.999. The first-order chi connectivity index (χ1) is 31.0. The number of rotatable bonds is 32. The number of nitrogens with one attached hydrogen (secondary N) is 1. The minimum Gasteiger partial charge on any atom is -0.476 e. The maximum Gasteiger partial charge on any atom is 0.798 e. The Labute approximate surface area is 373 Å². The molecule has 2 aliphatic rings. The highest BCUT2D eigenvalue weighted by atomic mass is 31.2. The van der Waals surface area contributed by atoms with E-state index >= 15 is 0 Å². The van der Waals surface area contributed by atoms with Gasteiger partial charge < -0.3 is 34.6 Å². The van der Waals surface area contributed by atoms with Gasteiger partial charge in [-0.05, 0) is 6.42 Å². The normalized spacial score (nSPS) is 24.1. The topological polar surface area (TPSA) is 295 Å². The van der Waals surface area contributed by atoms with Crippen LogP contribution in [0, 0.1) is 0 Å². The third-order valence-corrected chi connectivity index (χ3v) is 13.9. The molecule has 0 amide bonds. The maximum absolute atomic E-state index is 12.4. The fourth-order valence-electron chi connectivity index (χ4n) is 7.56. The number of aromatic amines is 1. The molecule has 5 N–H and O–H groups in total. The highest BCUT2D eigenvalue weighted by Gasteiger charge is 2.53. The van der Waals surface area contributed by atoms with Crippen LogP contribution in [0.25, 0.3) is 11.2 Å². The van der Waals surface area contributed by atoms with Gasteiger partial charge in [-0.25, -0.2) is 14.8 Å². The minimum absolute atomic E-state index is 0.263. The van der Waals surface area contributed by atoms with Gasteiger partial charge in [0.25, 0.3) is 5.56 Å². The summed E-state index contributed by atoms with van der Waals surface area (Å²) >= 11 is 0. The summed E-state index contributed by atoms with van der Waals surface area (Å²) in [5, 5.41) is 42.1. The Morgan fingerprint density at radius 3 is 1.62 bits per heavy atom. The molecular weight excluding hydrogens is 901 g/mol. The lowest BCUT2D eigenvalue weighted by atomic mass is 10.0. The van der Waals surface area contributed by atoms with E-state index < -0.39 is 98.3 Å². The molecule has 22 nitrogen and oxygen atoms in total. The average Bonchev–Trinajstić information content (AvgIpc) is 3.92. The highest BCUT2D eigenvalue weighted by molar-refractivity contribution is 7.53. The summed E-state index contributed by atoms with van der Waals surface area (Å²) in [6.45, 7) is 1.41. The number of aliphatic hydroxyl groups is 4. The van der Waals surface area contributed by atoms with Crippen LogP contribution in [0.5, 0.6) is 5.88 Å². The van der Waals surface area contributed by atoms with Crippen molar-refractivity contribution in [1.82, 2.24) is 29.1 Å². The molecule has 356 valence electrons. The zero-order valence-electron chi connectivity index (χ0n) is 36.0. The van der Waals surface area contributed by atoms with Gasteiger partial charge in [-0.15, -0.1) is 9.05 Å². The van der Waals surface area contributed by atoms with Crippen LogP contribution < -0.4 is 16.0 Å². The molecule has 0 aromatic carbocycles. The van der Waals surface area contributed by atoms with Crippen LogP contribution in [0.1, 0.15) is 135 Å². The lowest BCUT2D eigenvalue weighted by molar-refractivity contribution is -0.0516. The van der Waals surface area contributed by atoms with Crippen molar-refractivity contribution in [3.63, 3.8) is 0 Å². The molecule has 64 heavy (non-hydrogen) atoms. The monoisotopic (exact) mass is 963 g/mol. The summed E-state index contributed by atoms with van der Waals surface area (Å²) in [5.41, 5.74) is -1.01. The summed E-state index contributed by atoms with van der Waals surface area (Å²) in [6.07, 6.45) is 15.3. The molecule has 3 aromatic rings. The molecule has 2 fully saturated rings. The third-order valence-electron chi connectivity index (χ3n) is 11.1. The van der Waals surface area contributed by atoms with Crippen molar-refractivity contribution in [2.45, 2.75) is 172 Å². The van der Waals surface area contributed by atoms with Crippen molar-refractivity contribution >= 4 is 35.9 Å². The van der Waals surface area contributed by atoms with Gasteiger partial charge in [-0.2, -0.15) is 4.98 Å². The Bertz CT molecular complexity index is 2040. The molecule has 25 heteroatoms. The molecule has 0 radical (unpaired) electrons. The van der Waals surface area contributed by atoms with Gasteiger partial charge in [0.1, 0.15) is 56.2 Å². The van der Waals surface area contributed by atoms with E-state index in [1.54, 1.807) is 0 Å². The van der Waals surface area contributed by atoms with Crippen molar-refractivity contribution in [2.24, 2.45) is 0 Å². The van der Waals surface area contributed by atoms with E-state index in [9.17, 15) is 43.7 Å². The van der Waals surface area contributed by atoms with Crippen LogP contribution in [0.15, 0.2) is 34.5 Å². The summed E-state index contributed by atoms with van der Waals surface area (Å²) < 4.78 is 75.2. The SMILES string of the molecule is CCCCCCCCCCCCCCCCCCCCOc1ncnc2c1ncn2[C@H]1O[C@@H](CO[P+](=O)O[P+](=O)O[P+](=O)OC[C@H]2O[C@@H](n3ccc(=O)[nH]c3=O)[C@H](O)[C@@H]2O)[C@H](O)[C@@H]1O. The number of hydrogen-bond acceptors (Lipinski definition) is 19. The standard InChI is InChI=1S/C39H61N6O16P3/c1-2-3-4-5-6-7-8-9-10-11-12-13-14-15-16-17-18-19-22-55-36-30-35(40-25-41-36)45(26-42-30)38-34(50)32(48)28(59-38)24-57-63(53)61-64(54)60-62(52)56-23-27-31(47)33(49)37(58-27)44-21-20-29(46)43-39(44)51/h20-21,25-28,31-34,37-38,47-50H,2-19,22-24H2,1H3/q+2/p+1/t27-,28+,31-,32+,33-,34+,37-,38+/m1/s1. The molecule has 0 saturated carbocycles. The van der Waals surface area contributed by atoms with Crippen LogP contribution >= 0.6 is 24.8 Å². The second-order valence-corrected chi connectivity index (χ2v) is 19.1. The molecule has 3 unspecified atom stereocenters. The maximum atomic E-state index is 12.4. The molecule has 0 aliphatic carbocycles. The zero-order chi connectivity index (χ0) is 45.8. The van der Waals surface area contributed by atoms with Gasteiger partial charge in [0.05, 0.1) is 12.9 Å². The molecule has 5 rings (SSSR count). The summed E-state index contributed by atoms with van der Waals surface area (Å²) in [4.78, 5) is 38.2. The van der Waals surface area contributed by atoms with Gasteiger partial charge in [0.15, 0.2) is 32.2 Å². The van der Waals surface area contributed by atoms with E-state index in [-0.39, 0.29) is 11.5 Å². The van der Waals surface area contributed by atoms with E-state index in [4.69, 9.17) is 23.3 Å². The Balaban J connectivity index is 0.939. The first kappa shape index (κ1) is 51.9. The molecule has 0 spiro atoms. The van der Waals surface area contributed by atoms with Crippen LogP contribution in [0.4, 0.5) is 0 Å². The van der Waals surface area contributed by atoms with Gasteiger partial charge in [0, 0.05) is 26.0 Å². The fraction of sp³-hybridized carbons (Fsp3) is 0.769. The lowest BCUT2D eigenvalue weighted by Crippen LogP contribution is -2.37. The molecule has 5 heterocycles. The quantitative estimate of drug-likeness (QED) is 0.0350. The number of aliphatic hydroxyl groups excluding tert-OH is 4. The molecule has 11 atom stereocenters. The van der Waals surface area contributed by atoms with Crippen molar-refractivity contribution in [1.29, 1.82) is 0 Å². The van der Waals surface area contributed by atoms with Gasteiger partial charge in [0.2, 0.25) is 5.88 Å². The minimum atomic E-state index is -3.37. The van der Waals surface area contributed by atoms with Crippen LogP contribution in [0.2, 0.25) is 0 Å². The summed E-state index contributed by atoms with van der Waals surface area (Å²) in [7, 11) is -9.80. The van der Waals surface area contributed by atoms with Crippen molar-refractivity contribution in [2.75, 3.05) is 19.8 Å². The second kappa shape index (κ2) is 27.5. The first-order valence-electron chi connectivity index (χ1n) is 22.2. The van der Waals surface area contributed by atoms with Crippen LogP contribution in [0.3, 0.4) is 0 Å². The fourth-order valence-corrected chi connectivity index (χ4v) is 9.73. The molecule has 2 saturated heterocycles. The number of ether oxygens (including phenoxy) is 3. The number of imidazole rings is 1. The highest BCUT2D eigenvalue weighted by Crippen LogP contribution is 2.47. The predicted molar refractivity (Wildman–Crippen MR) is 230 cm³/mol. The zero-order valence-corrected chi connectivity index (χ0v) is 38.7. The first-order valence-corrected chi connectivity index (χ1v) is 25.5. The smallest absolute Gasteiger partial charge is 0.476 e. The predicted octanol–water partition coefficient (Wildman–Crippen LogP) is 6.07. The molecule has 2 aliphatic heterocycles. The van der Waals surface area contributed by atoms with E-state index in [1.165, 1.54) is 114 Å². The van der Waals surface area contributed by atoms with Gasteiger partial charge >= 0.3 is 30.5 Å². The number of aromatic nitrogens is 6. The largest absolute Gasteiger partial charge is 0.798 e. The number of hydrogen-bond donors (Lipinski definition) is 5. The van der Waals surface area contributed by atoms with E-state index in [0.29, 0.717) is 12.1 Å². The molecule has 3 aromatic heterocycles. The van der Waals surface area contributed by atoms with Gasteiger partial charge in [-0.1, -0.05) is 116 Å². The average molecular weight is 964 g/mol. The van der Waals surface area contributed by atoms with Crippen molar-refractivity contribution in [3.05, 3.63) is 45.8 Å². The van der Waals surface area contributed by atoms with Crippen molar-refractivity contribution in [3.8, 4) is 5.88 Å². The Hall–Kier alpha value is -3.07. The van der Waals surface area contributed by atoms with E-state index in [0.717, 1.165) is 36.1 Å². The Morgan fingerprint density at radius 1 is 0.641 bits per heavy atom. The van der Waals surface area contributed by atoms with E-state index in [1.807, 2.05) is 4.98 Å². The number of fused-ring (bicyclic) bond motifs is 1. The molecular formula is C39H62N6O16P3+3. The second-order valence-electron chi connectivity index (χ2n) is 15.9. The van der Waals surface area contributed by atoms with Gasteiger partial charge in [-0.3, -0.25) is 18.9 Å². The molecule has 0 bridgehead atoms. The summed E-state index contributed by atoms with van der Waals surface area (Å²) in [5.74, 6) is 0.263. The van der Waals surface area contributed by atoms with E-state index in [2.05, 4.69) is 30.5 Å².